The Bertz CT molecular complexity index is 561. The van der Waals surface area contributed by atoms with Gasteiger partial charge in [-0.15, -0.1) is 0 Å². The first-order valence-electron chi connectivity index (χ1n) is 5.78. The molecule has 1 atom stereocenters. The van der Waals surface area contributed by atoms with Crippen LogP contribution in [0.1, 0.15) is 17.9 Å². The van der Waals surface area contributed by atoms with Crippen LogP contribution in [-0.2, 0) is 0 Å². The van der Waals surface area contributed by atoms with Crippen molar-refractivity contribution in [2.45, 2.75) is 12.3 Å². The summed E-state index contributed by atoms with van der Waals surface area (Å²) in [5.74, 6) is -0.0737. The Morgan fingerprint density at radius 3 is 2.37 bits per heavy atom. The summed E-state index contributed by atoms with van der Waals surface area (Å²) in [6.45, 7) is 0. The topological polar surface area (TPSA) is 3.24 Å². The Morgan fingerprint density at radius 2 is 1.79 bits per heavy atom. The highest BCUT2D eigenvalue weighted by atomic mass is 35.5. The average Bonchev–Trinajstić information content (AvgIpc) is 2.33. The van der Waals surface area contributed by atoms with E-state index in [2.05, 4.69) is 0 Å². The molecule has 1 aliphatic carbocycles. The second kappa shape index (κ2) is 5.97. The van der Waals surface area contributed by atoms with Crippen molar-refractivity contribution < 1.29 is 0 Å². The Morgan fingerprint density at radius 1 is 1.11 bits per heavy atom. The lowest BCUT2D eigenvalue weighted by molar-refractivity contribution is 0.824. The summed E-state index contributed by atoms with van der Waals surface area (Å²) in [6, 6.07) is 5.90. The number of allylic oxidation sites excluding steroid dienone is 4. The van der Waals surface area contributed by atoms with Crippen molar-refractivity contribution >= 4 is 52.1 Å². The van der Waals surface area contributed by atoms with E-state index in [0.29, 0.717) is 26.5 Å². The van der Waals surface area contributed by atoms with Gasteiger partial charge in [0, 0.05) is 40.8 Å². The van der Waals surface area contributed by atoms with Gasteiger partial charge in [0.1, 0.15) is 0 Å². The van der Waals surface area contributed by atoms with Gasteiger partial charge in [-0.25, -0.2) is 0 Å². The maximum absolute atomic E-state index is 6.35. The van der Waals surface area contributed by atoms with Crippen LogP contribution in [0, 0.1) is 0 Å². The minimum Gasteiger partial charge on any atom is -0.378 e. The predicted octanol–water partition coefficient (Wildman–Crippen LogP) is 5.71. The van der Waals surface area contributed by atoms with Crippen LogP contribution in [0.4, 0.5) is 5.69 Å². The molecule has 0 N–H and O–H groups in total. The van der Waals surface area contributed by atoms with Gasteiger partial charge in [0.2, 0.25) is 0 Å². The number of hydrogen-bond donors (Lipinski definition) is 0. The quantitative estimate of drug-likeness (QED) is 0.669. The lowest BCUT2D eigenvalue weighted by atomic mass is 9.91. The van der Waals surface area contributed by atoms with Gasteiger partial charge in [-0.1, -0.05) is 52.5 Å². The Labute approximate surface area is 133 Å². The summed E-state index contributed by atoms with van der Waals surface area (Å²) in [7, 11) is 3.94. The van der Waals surface area contributed by atoms with Gasteiger partial charge in [-0.2, -0.15) is 0 Å². The maximum Gasteiger partial charge on any atom is 0.0569 e. The second-order valence-electron chi connectivity index (χ2n) is 4.64. The zero-order valence-electron chi connectivity index (χ0n) is 10.6. The molecule has 0 spiro atoms. The molecular weight excluding hydrogens is 324 g/mol. The van der Waals surface area contributed by atoms with Crippen LogP contribution >= 0.6 is 46.4 Å². The molecule has 1 aromatic rings. The molecule has 0 aliphatic heterocycles. The number of halogens is 4. The molecule has 0 heterocycles. The molecule has 0 saturated heterocycles. The molecule has 2 rings (SSSR count). The van der Waals surface area contributed by atoms with Crippen LogP contribution < -0.4 is 4.90 Å². The van der Waals surface area contributed by atoms with Gasteiger partial charge in [-0.05, 0) is 30.2 Å². The Balaban J connectivity index is 2.41. The monoisotopic (exact) mass is 335 g/mol. The van der Waals surface area contributed by atoms with Gasteiger partial charge in [0.25, 0.3) is 0 Å². The van der Waals surface area contributed by atoms with Crippen LogP contribution in [0.3, 0.4) is 0 Å². The van der Waals surface area contributed by atoms with Gasteiger partial charge >= 0.3 is 0 Å². The van der Waals surface area contributed by atoms with Gasteiger partial charge in [0.05, 0.1) is 5.03 Å². The van der Waals surface area contributed by atoms with Crippen molar-refractivity contribution in [1.29, 1.82) is 0 Å². The first kappa shape index (κ1) is 15.1. The van der Waals surface area contributed by atoms with E-state index >= 15 is 0 Å². The normalized spacial score (nSPS) is 19.5. The Kier molecular flexibility index (Phi) is 4.73. The summed E-state index contributed by atoms with van der Waals surface area (Å²) >= 11 is 24.8. The highest BCUT2D eigenvalue weighted by Gasteiger charge is 2.25. The zero-order chi connectivity index (χ0) is 14.2. The smallest absolute Gasteiger partial charge is 0.0569 e. The highest BCUT2D eigenvalue weighted by molar-refractivity contribution is 6.42. The van der Waals surface area contributed by atoms with E-state index in [0.717, 1.165) is 11.3 Å². The molecule has 0 saturated carbocycles. The summed E-state index contributed by atoms with van der Waals surface area (Å²) in [5, 5.41) is 2.43. The molecule has 0 fully saturated rings. The molecular formula is C14H13Cl4N. The molecule has 1 aromatic carbocycles. The van der Waals surface area contributed by atoms with Gasteiger partial charge in [0.15, 0.2) is 0 Å². The van der Waals surface area contributed by atoms with E-state index in [9.17, 15) is 0 Å². The lowest BCUT2D eigenvalue weighted by Crippen LogP contribution is -2.10. The van der Waals surface area contributed by atoms with Gasteiger partial charge < -0.3 is 4.90 Å². The van der Waals surface area contributed by atoms with E-state index < -0.39 is 0 Å². The minimum atomic E-state index is -0.0737. The summed E-state index contributed by atoms with van der Waals surface area (Å²) < 4.78 is 0. The summed E-state index contributed by atoms with van der Waals surface area (Å²) in [4.78, 5) is 1.99. The predicted molar refractivity (Wildman–Crippen MR) is 85.8 cm³/mol. The molecule has 0 amide bonds. The number of benzene rings is 1. The molecule has 0 aromatic heterocycles. The molecule has 5 heteroatoms. The number of nitrogens with zero attached hydrogens (tertiary/aromatic N) is 1. The number of anilines is 1. The molecule has 1 nitrogen and oxygen atoms in total. The van der Waals surface area contributed by atoms with Crippen LogP contribution in [-0.4, -0.2) is 14.1 Å². The lowest BCUT2D eigenvalue weighted by Gasteiger charge is -2.23. The molecule has 102 valence electrons. The maximum atomic E-state index is 6.35. The van der Waals surface area contributed by atoms with Crippen molar-refractivity contribution in [3.63, 3.8) is 0 Å². The van der Waals surface area contributed by atoms with Crippen molar-refractivity contribution in [3.8, 4) is 0 Å². The van der Waals surface area contributed by atoms with Crippen LogP contribution in [0.15, 0.2) is 39.4 Å². The second-order valence-corrected chi connectivity index (χ2v) is 6.35. The standard InChI is InChI=1S/C14H13Cl4N/c1-19(2)9-3-4-10(12(16)7-9)11-5-8(15)6-13(17)14(11)18/h3-4,6-7,11H,5H2,1-2H3. The summed E-state index contributed by atoms with van der Waals surface area (Å²) in [5.41, 5.74) is 1.99. The third-order valence-electron chi connectivity index (χ3n) is 3.09. The fraction of sp³-hybridized carbons (Fsp3) is 0.286. The molecule has 1 unspecified atom stereocenters. The van der Waals surface area contributed by atoms with E-state index in [1.807, 2.05) is 37.2 Å². The van der Waals surface area contributed by atoms with E-state index in [4.69, 9.17) is 46.4 Å². The first-order valence-corrected chi connectivity index (χ1v) is 7.29. The third-order valence-corrected chi connectivity index (χ3v) is 4.56. The van der Waals surface area contributed by atoms with Crippen LogP contribution in [0.5, 0.6) is 0 Å². The zero-order valence-corrected chi connectivity index (χ0v) is 13.6. The molecule has 0 bridgehead atoms. The van der Waals surface area contributed by atoms with Crippen molar-refractivity contribution in [1.82, 2.24) is 0 Å². The largest absolute Gasteiger partial charge is 0.378 e. The fourth-order valence-corrected chi connectivity index (χ4v) is 3.18. The van der Waals surface area contributed by atoms with E-state index in [1.54, 1.807) is 6.08 Å². The molecule has 0 radical (unpaired) electrons. The molecule has 19 heavy (non-hydrogen) atoms. The van der Waals surface area contributed by atoms with Crippen molar-refractivity contribution in [2.24, 2.45) is 0 Å². The van der Waals surface area contributed by atoms with Gasteiger partial charge in [-0.3, -0.25) is 0 Å². The first-order chi connectivity index (χ1) is 8.90. The SMILES string of the molecule is CN(C)c1ccc(C2CC(Cl)=CC(Cl)=C2Cl)c(Cl)c1. The third kappa shape index (κ3) is 3.22. The Hall–Kier alpha value is -0.340. The summed E-state index contributed by atoms with van der Waals surface area (Å²) in [6.07, 6.45) is 2.31. The van der Waals surface area contributed by atoms with Crippen LogP contribution in [0.25, 0.3) is 0 Å². The van der Waals surface area contributed by atoms with E-state index in [1.165, 1.54) is 0 Å². The highest BCUT2D eigenvalue weighted by Crippen LogP contribution is 2.44. The van der Waals surface area contributed by atoms with Crippen molar-refractivity contribution in [2.75, 3.05) is 19.0 Å². The molecule has 1 aliphatic rings. The number of rotatable bonds is 2. The average molecular weight is 337 g/mol. The number of hydrogen-bond acceptors (Lipinski definition) is 1. The van der Waals surface area contributed by atoms with Crippen LogP contribution in [0.2, 0.25) is 5.02 Å². The van der Waals surface area contributed by atoms with E-state index in [-0.39, 0.29) is 5.92 Å². The van der Waals surface area contributed by atoms with Crippen molar-refractivity contribution in [3.05, 3.63) is 50.0 Å². The fourth-order valence-electron chi connectivity index (χ4n) is 2.04. The minimum absolute atomic E-state index is 0.0737.